The van der Waals surface area contributed by atoms with Gasteiger partial charge in [-0.2, -0.15) is 0 Å². The first-order chi connectivity index (χ1) is 5.61. The zero-order chi connectivity index (χ0) is 9.14. The van der Waals surface area contributed by atoms with Crippen molar-refractivity contribution >= 4 is 5.97 Å². The molecule has 12 heavy (non-hydrogen) atoms. The van der Waals surface area contributed by atoms with Crippen molar-refractivity contribution in [3.8, 4) is 0 Å². The number of aliphatic hydroxyl groups is 1. The summed E-state index contributed by atoms with van der Waals surface area (Å²) in [6, 6.07) is 0. The summed E-state index contributed by atoms with van der Waals surface area (Å²) in [4.78, 5) is 10.5. The zero-order valence-corrected chi connectivity index (χ0v) is 7.36. The first-order valence-corrected chi connectivity index (χ1v) is 4.52. The van der Waals surface area contributed by atoms with Crippen LogP contribution in [-0.4, -0.2) is 22.3 Å². The van der Waals surface area contributed by atoms with E-state index in [4.69, 9.17) is 5.11 Å². The second-order valence-corrected chi connectivity index (χ2v) is 3.81. The predicted octanol–water partition coefficient (Wildman–Crippen LogP) is 1.26. The Labute approximate surface area is 72.4 Å². The number of hydrogen-bond acceptors (Lipinski definition) is 2. The molecule has 1 rings (SSSR count). The molecule has 1 saturated carbocycles. The molecule has 70 valence electrons. The lowest BCUT2D eigenvalue weighted by atomic mass is 9.79. The minimum Gasteiger partial charge on any atom is -0.479 e. The fraction of sp³-hybridized carbons (Fsp3) is 0.889. The van der Waals surface area contributed by atoms with E-state index in [0.717, 1.165) is 19.3 Å². The molecule has 1 aliphatic rings. The number of carboxylic acids is 1. The van der Waals surface area contributed by atoms with Crippen LogP contribution in [0.15, 0.2) is 0 Å². The van der Waals surface area contributed by atoms with E-state index in [1.54, 1.807) is 0 Å². The SMILES string of the molecule is CC1CCCC(C(O)C(=O)O)C1. The summed E-state index contributed by atoms with van der Waals surface area (Å²) in [5, 5.41) is 17.8. The Balaban J connectivity index is 2.45. The van der Waals surface area contributed by atoms with Gasteiger partial charge in [-0.05, 0) is 24.7 Å². The predicted molar refractivity (Wildman–Crippen MR) is 44.8 cm³/mol. The molecule has 0 radical (unpaired) electrons. The summed E-state index contributed by atoms with van der Waals surface area (Å²) < 4.78 is 0. The molecule has 0 amide bonds. The monoisotopic (exact) mass is 172 g/mol. The molecule has 1 fully saturated rings. The molecule has 2 N–H and O–H groups in total. The largest absolute Gasteiger partial charge is 0.479 e. The average molecular weight is 172 g/mol. The number of carboxylic acid groups (broad SMARTS) is 1. The van der Waals surface area contributed by atoms with Gasteiger partial charge in [0.05, 0.1) is 0 Å². The molecular formula is C9H16O3. The molecule has 3 heteroatoms. The van der Waals surface area contributed by atoms with Crippen molar-refractivity contribution in [1.29, 1.82) is 0 Å². The molecule has 0 aromatic heterocycles. The van der Waals surface area contributed by atoms with Crippen molar-refractivity contribution in [2.24, 2.45) is 11.8 Å². The van der Waals surface area contributed by atoms with Crippen LogP contribution in [0.4, 0.5) is 0 Å². The maximum Gasteiger partial charge on any atom is 0.332 e. The fourth-order valence-electron chi connectivity index (χ4n) is 1.97. The topological polar surface area (TPSA) is 57.5 Å². The average Bonchev–Trinajstić information content (AvgIpc) is 2.03. The Morgan fingerprint density at radius 2 is 2.17 bits per heavy atom. The van der Waals surface area contributed by atoms with Crippen molar-refractivity contribution in [3.63, 3.8) is 0 Å². The number of aliphatic carboxylic acids is 1. The normalized spacial score (nSPS) is 32.8. The van der Waals surface area contributed by atoms with Gasteiger partial charge in [0, 0.05) is 0 Å². The van der Waals surface area contributed by atoms with E-state index in [9.17, 15) is 9.90 Å². The molecule has 0 saturated heterocycles. The van der Waals surface area contributed by atoms with Gasteiger partial charge in [0.25, 0.3) is 0 Å². The second kappa shape index (κ2) is 3.90. The molecule has 0 aromatic rings. The van der Waals surface area contributed by atoms with E-state index in [1.165, 1.54) is 6.42 Å². The lowest BCUT2D eigenvalue weighted by molar-refractivity contribution is -0.150. The highest BCUT2D eigenvalue weighted by Gasteiger charge is 2.29. The van der Waals surface area contributed by atoms with Crippen LogP contribution in [0.3, 0.4) is 0 Å². The minimum absolute atomic E-state index is 0.0220. The summed E-state index contributed by atoms with van der Waals surface area (Å²) in [5.41, 5.74) is 0. The molecule has 1 aliphatic carbocycles. The molecule has 0 aromatic carbocycles. The summed E-state index contributed by atoms with van der Waals surface area (Å²) in [5.74, 6) is -0.530. The van der Waals surface area contributed by atoms with E-state index < -0.39 is 12.1 Å². The molecule has 3 unspecified atom stereocenters. The van der Waals surface area contributed by atoms with Crippen molar-refractivity contribution in [2.75, 3.05) is 0 Å². The van der Waals surface area contributed by atoms with Gasteiger partial charge >= 0.3 is 5.97 Å². The smallest absolute Gasteiger partial charge is 0.332 e. The molecular weight excluding hydrogens is 156 g/mol. The highest BCUT2D eigenvalue weighted by molar-refractivity contribution is 5.72. The van der Waals surface area contributed by atoms with Crippen LogP contribution in [-0.2, 0) is 4.79 Å². The molecule has 0 spiro atoms. The number of carbonyl (C=O) groups is 1. The third kappa shape index (κ3) is 2.21. The summed E-state index contributed by atoms with van der Waals surface area (Å²) >= 11 is 0. The molecule has 0 aliphatic heterocycles. The Morgan fingerprint density at radius 1 is 1.50 bits per heavy atom. The third-order valence-corrected chi connectivity index (χ3v) is 2.68. The molecule has 3 atom stereocenters. The van der Waals surface area contributed by atoms with Crippen LogP contribution < -0.4 is 0 Å². The van der Waals surface area contributed by atoms with Gasteiger partial charge < -0.3 is 10.2 Å². The van der Waals surface area contributed by atoms with Crippen molar-refractivity contribution in [3.05, 3.63) is 0 Å². The van der Waals surface area contributed by atoms with Crippen LogP contribution >= 0.6 is 0 Å². The number of hydrogen-bond donors (Lipinski definition) is 2. The maximum absolute atomic E-state index is 10.5. The zero-order valence-electron chi connectivity index (χ0n) is 7.36. The van der Waals surface area contributed by atoms with E-state index in [2.05, 4.69) is 6.92 Å². The van der Waals surface area contributed by atoms with Crippen LogP contribution in [0.25, 0.3) is 0 Å². The van der Waals surface area contributed by atoms with Gasteiger partial charge in [0.2, 0.25) is 0 Å². The van der Waals surface area contributed by atoms with Crippen molar-refractivity contribution < 1.29 is 15.0 Å². The van der Waals surface area contributed by atoms with Crippen LogP contribution in [0.1, 0.15) is 32.6 Å². The highest BCUT2D eigenvalue weighted by atomic mass is 16.4. The number of aliphatic hydroxyl groups excluding tert-OH is 1. The van der Waals surface area contributed by atoms with Crippen molar-refractivity contribution in [1.82, 2.24) is 0 Å². The third-order valence-electron chi connectivity index (χ3n) is 2.68. The van der Waals surface area contributed by atoms with Gasteiger partial charge in [-0.1, -0.05) is 19.8 Å². The highest BCUT2D eigenvalue weighted by Crippen LogP contribution is 2.30. The first kappa shape index (κ1) is 9.52. The van der Waals surface area contributed by atoms with Crippen molar-refractivity contribution in [2.45, 2.75) is 38.7 Å². The lowest BCUT2D eigenvalue weighted by Gasteiger charge is -2.28. The van der Waals surface area contributed by atoms with E-state index in [0.29, 0.717) is 5.92 Å². The van der Waals surface area contributed by atoms with Gasteiger partial charge in [-0.3, -0.25) is 0 Å². The molecule has 0 bridgehead atoms. The minimum atomic E-state index is -1.15. The number of rotatable bonds is 2. The van der Waals surface area contributed by atoms with Crippen LogP contribution in [0, 0.1) is 11.8 Å². The van der Waals surface area contributed by atoms with Gasteiger partial charge in [-0.15, -0.1) is 0 Å². The first-order valence-electron chi connectivity index (χ1n) is 4.52. The Morgan fingerprint density at radius 3 is 2.67 bits per heavy atom. The Hall–Kier alpha value is -0.570. The van der Waals surface area contributed by atoms with Gasteiger partial charge in [-0.25, -0.2) is 4.79 Å². The lowest BCUT2D eigenvalue weighted by Crippen LogP contribution is -2.32. The van der Waals surface area contributed by atoms with E-state index >= 15 is 0 Å². The van der Waals surface area contributed by atoms with Crippen LogP contribution in [0.2, 0.25) is 0 Å². The molecule has 3 nitrogen and oxygen atoms in total. The maximum atomic E-state index is 10.5. The second-order valence-electron chi connectivity index (χ2n) is 3.81. The van der Waals surface area contributed by atoms with Gasteiger partial charge in [0.15, 0.2) is 6.10 Å². The van der Waals surface area contributed by atoms with E-state index in [-0.39, 0.29) is 5.92 Å². The van der Waals surface area contributed by atoms with E-state index in [1.807, 2.05) is 0 Å². The van der Waals surface area contributed by atoms with Gasteiger partial charge in [0.1, 0.15) is 0 Å². The standard InChI is InChI=1S/C9H16O3/c1-6-3-2-4-7(5-6)8(10)9(11)12/h6-8,10H,2-5H2,1H3,(H,11,12). The Kier molecular flexibility index (Phi) is 3.09. The quantitative estimate of drug-likeness (QED) is 0.659. The summed E-state index contributed by atoms with van der Waals surface area (Å²) in [6.07, 6.45) is 2.79. The van der Waals surface area contributed by atoms with Crippen LogP contribution in [0.5, 0.6) is 0 Å². The Bertz CT molecular complexity index is 167. The summed E-state index contributed by atoms with van der Waals surface area (Å²) in [6.45, 7) is 2.11. The fourth-order valence-corrected chi connectivity index (χ4v) is 1.97. The molecule has 0 heterocycles. The summed E-state index contributed by atoms with van der Waals surface area (Å²) in [7, 11) is 0.